The number of carboxylic acids is 1. The lowest BCUT2D eigenvalue weighted by molar-refractivity contribution is -0.137. The number of rotatable bonds is 9. The predicted molar refractivity (Wildman–Crippen MR) is 69.0 cm³/mol. The first-order valence-electron chi connectivity index (χ1n) is 6.50. The molecule has 0 aromatic carbocycles. The van der Waals surface area contributed by atoms with E-state index in [0.717, 1.165) is 19.3 Å². The van der Waals surface area contributed by atoms with Crippen molar-refractivity contribution in [3.63, 3.8) is 0 Å². The first kappa shape index (κ1) is 15.0. The zero-order valence-corrected chi connectivity index (χ0v) is 10.8. The van der Waals surface area contributed by atoms with Gasteiger partial charge in [0.05, 0.1) is 0 Å². The fourth-order valence-corrected chi connectivity index (χ4v) is 1.47. The predicted octanol–water partition coefficient (Wildman–Crippen LogP) is 0.907. The van der Waals surface area contributed by atoms with E-state index in [1.807, 2.05) is 6.07 Å². The summed E-state index contributed by atoms with van der Waals surface area (Å²) in [6, 6.07) is 2.27. The second kappa shape index (κ2) is 8.14. The van der Waals surface area contributed by atoms with Gasteiger partial charge in [0.1, 0.15) is 11.6 Å². The SMILES string of the molecule is N#C/C(=C/NC1CC1)C(=O)NCCCCCC(=O)O. The number of carbonyl (C=O) groups is 2. The highest BCUT2D eigenvalue weighted by molar-refractivity contribution is 5.97. The van der Waals surface area contributed by atoms with Crippen molar-refractivity contribution in [3.05, 3.63) is 11.8 Å². The molecule has 1 aliphatic carbocycles. The number of unbranched alkanes of at least 4 members (excludes halogenated alkanes) is 2. The first-order valence-corrected chi connectivity index (χ1v) is 6.50. The Balaban J connectivity index is 2.12. The van der Waals surface area contributed by atoms with Crippen molar-refractivity contribution < 1.29 is 14.7 Å². The van der Waals surface area contributed by atoms with E-state index in [-0.39, 0.29) is 17.9 Å². The molecule has 0 aromatic heterocycles. The molecule has 1 aliphatic rings. The van der Waals surface area contributed by atoms with Gasteiger partial charge in [-0.1, -0.05) is 6.42 Å². The number of carbonyl (C=O) groups excluding carboxylic acids is 1. The molecular weight excluding hydrogens is 246 g/mol. The van der Waals surface area contributed by atoms with E-state index in [1.54, 1.807) is 0 Å². The minimum absolute atomic E-state index is 0.0810. The van der Waals surface area contributed by atoms with E-state index in [1.165, 1.54) is 6.20 Å². The average molecular weight is 265 g/mol. The molecule has 1 saturated carbocycles. The third kappa shape index (κ3) is 7.09. The van der Waals surface area contributed by atoms with Crippen LogP contribution in [0.2, 0.25) is 0 Å². The Bertz CT molecular complexity index is 394. The lowest BCUT2D eigenvalue weighted by atomic mass is 10.2. The first-order chi connectivity index (χ1) is 9.13. The van der Waals surface area contributed by atoms with Crippen molar-refractivity contribution in [2.45, 2.75) is 44.6 Å². The summed E-state index contributed by atoms with van der Waals surface area (Å²) in [7, 11) is 0. The van der Waals surface area contributed by atoms with Gasteiger partial charge in [0, 0.05) is 25.2 Å². The summed E-state index contributed by atoms with van der Waals surface area (Å²) >= 11 is 0. The van der Waals surface area contributed by atoms with Gasteiger partial charge < -0.3 is 15.7 Å². The number of nitrogens with zero attached hydrogens (tertiary/aromatic N) is 1. The van der Waals surface area contributed by atoms with Gasteiger partial charge in [-0.25, -0.2) is 0 Å². The van der Waals surface area contributed by atoms with Crippen LogP contribution in [0.5, 0.6) is 0 Å². The van der Waals surface area contributed by atoms with Gasteiger partial charge in [-0.15, -0.1) is 0 Å². The molecule has 0 atom stereocenters. The quantitative estimate of drug-likeness (QED) is 0.326. The molecule has 0 heterocycles. The van der Waals surface area contributed by atoms with E-state index in [4.69, 9.17) is 10.4 Å². The molecule has 3 N–H and O–H groups in total. The zero-order chi connectivity index (χ0) is 14.1. The number of nitriles is 1. The fraction of sp³-hybridized carbons (Fsp3) is 0.615. The lowest BCUT2D eigenvalue weighted by Crippen LogP contribution is -2.26. The average Bonchev–Trinajstić information content (AvgIpc) is 3.18. The number of hydrogen-bond donors (Lipinski definition) is 3. The van der Waals surface area contributed by atoms with E-state index >= 15 is 0 Å². The summed E-state index contributed by atoms with van der Waals surface area (Å²) < 4.78 is 0. The third-order valence-electron chi connectivity index (χ3n) is 2.76. The number of carboxylic acid groups (broad SMARTS) is 1. The molecule has 104 valence electrons. The number of aliphatic carboxylic acids is 1. The summed E-state index contributed by atoms with van der Waals surface area (Å²) in [4.78, 5) is 21.9. The Morgan fingerprint density at radius 2 is 2.05 bits per heavy atom. The number of nitrogens with one attached hydrogen (secondary N) is 2. The summed E-state index contributed by atoms with van der Waals surface area (Å²) in [6.45, 7) is 0.459. The van der Waals surface area contributed by atoms with Crippen LogP contribution >= 0.6 is 0 Å². The molecule has 0 saturated heterocycles. The highest BCUT2D eigenvalue weighted by atomic mass is 16.4. The maximum atomic E-state index is 11.6. The van der Waals surface area contributed by atoms with Crippen molar-refractivity contribution in [3.8, 4) is 6.07 Å². The van der Waals surface area contributed by atoms with Gasteiger partial charge >= 0.3 is 5.97 Å². The van der Waals surface area contributed by atoms with Crippen LogP contribution in [0.15, 0.2) is 11.8 Å². The molecule has 19 heavy (non-hydrogen) atoms. The van der Waals surface area contributed by atoms with Crippen LogP contribution in [0.4, 0.5) is 0 Å². The molecule has 1 rings (SSSR count). The maximum absolute atomic E-state index is 11.6. The monoisotopic (exact) mass is 265 g/mol. The lowest BCUT2D eigenvalue weighted by Gasteiger charge is -2.04. The summed E-state index contributed by atoms with van der Waals surface area (Å²) in [5.74, 6) is -1.18. The van der Waals surface area contributed by atoms with Crippen molar-refractivity contribution in [1.29, 1.82) is 5.26 Å². The smallest absolute Gasteiger partial charge is 0.303 e. The summed E-state index contributed by atoms with van der Waals surface area (Å²) in [6.07, 6.45) is 5.86. The van der Waals surface area contributed by atoms with E-state index < -0.39 is 5.97 Å². The highest BCUT2D eigenvalue weighted by Gasteiger charge is 2.20. The standard InChI is InChI=1S/C13H19N3O3/c14-8-10(9-16-11-5-6-11)13(19)15-7-3-1-2-4-12(17)18/h9,11,16H,1-7H2,(H,15,19)(H,17,18)/b10-9-. The molecular formula is C13H19N3O3. The molecule has 0 aromatic rings. The molecule has 0 radical (unpaired) electrons. The van der Waals surface area contributed by atoms with Crippen LogP contribution in [-0.4, -0.2) is 29.6 Å². The van der Waals surface area contributed by atoms with Crippen LogP contribution in [0.25, 0.3) is 0 Å². The molecule has 1 fully saturated rings. The highest BCUT2D eigenvalue weighted by Crippen LogP contribution is 2.18. The Morgan fingerprint density at radius 3 is 2.63 bits per heavy atom. The fourth-order valence-electron chi connectivity index (χ4n) is 1.47. The van der Waals surface area contributed by atoms with Crippen LogP contribution in [0.3, 0.4) is 0 Å². The van der Waals surface area contributed by atoms with Gasteiger partial charge in [-0.05, 0) is 25.7 Å². The van der Waals surface area contributed by atoms with Crippen molar-refractivity contribution in [2.24, 2.45) is 0 Å². The Morgan fingerprint density at radius 1 is 1.32 bits per heavy atom. The Labute approximate surface area is 112 Å². The van der Waals surface area contributed by atoms with Crippen molar-refractivity contribution in [2.75, 3.05) is 6.54 Å². The second-order valence-corrected chi connectivity index (χ2v) is 4.57. The topological polar surface area (TPSA) is 102 Å². The molecule has 0 bridgehead atoms. The van der Waals surface area contributed by atoms with Gasteiger partial charge in [0.2, 0.25) is 0 Å². The third-order valence-corrected chi connectivity index (χ3v) is 2.76. The number of amides is 1. The molecule has 0 aliphatic heterocycles. The largest absolute Gasteiger partial charge is 0.481 e. The Hall–Kier alpha value is -2.03. The van der Waals surface area contributed by atoms with Crippen LogP contribution in [0.1, 0.15) is 38.5 Å². The van der Waals surface area contributed by atoms with Gasteiger partial charge in [0.25, 0.3) is 5.91 Å². The van der Waals surface area contributed by atoms with E-state index in [2.05, 4.69) is 10.6 Å². The van der Waals surface area contributed by atoms with Crippen molar-refractivity contribution in [1.82, 2.24) is 10.6 Å². The van der Waals surface area contributed by atoms with Gasteiger partial charge in [0.15, 0.2) is 0 Å². The minimum Gasteiger partial charge on any atom is -0.481 e. The number of hydrogen-bond acceptors (Lipinski definition) is 4. The summed E-state index contributed by atoms with van der Waals surface area (Å²) in [5, 5.41) is 22.9. The minimum atomic E-state index is -0.801. The molecule has 1 amide bonds. The van der Waals surface area contributed by atoms with Gasteiger partial charge in [-0.2, -0.15) is 5.26 Å². The van der Waals surface area contributed by atoms with E-state index in [0.29, 0.717) is 25.4 Å². The van der Waals surface area contributed by atoms with E-state index in [9.17, 15) is 9.59 Å². The normalized spacial score (nSPS) is 14.6. The van der Waals surface area contributed by atoms with Crippen LogP contribution < -0.4 is 10.6 Å². The van der Waals surface area contributed by atoms with Gasteiger partial charge in [-0.3, -0.25) is 9.59 Å². The van der Waals surface area contributed by atoms with Crippen LogP contribution in [-0.2, 0) is 9.59 Å². The molecule has 6 heteroatoms. The molecule has 0 unspecified atom stereocenters. The maximum Gasteiger partial charge on any atom is 0.303 e. The summed E-state index contributed by atoms with van der Waals surface area (Å²) in [5.41, 5.74) is 0.0810. The second-order valence-electron chi connectivity index (χ2n) is 4.57. The van der Waals surface area contributed by atoms with Crippen molar-refractivity contribution >= 4 is 11.9 Å². The van der Waals surface area contributed by atoms with Crippen LogP contribution in [0, 0.1) is 11.3 Å². The molecule has 6 nitrogen and oxygen atoms in total. The zero-order valence-electron chi connectivity index (χ0n) is 10.8. The Kier molecular flexibility index (Phi) is 6.44. The molecule has 0 spiro atoms.